The number of hydrogen-bond donors (Lipinski definition) is 2. The molecule has 2 aliphatic heterocycles. The Balaban J connectivity index is 0.00000108. The molecule has 3 aliphatic rings. The van der Waals surface area contributed by atoms with Crippen molar-refractivity contribution in [1.82, 2.24) is 15.5 Å². The van der Waals surface area contributed by atoms with Gasteiger partial charge in [0.15, 0.2) is 0 Å². The molecule has 1 aliphatic carbocycles. The Kier molecular flexibility index (Phi) is 3.95. The van der Waals surface area contributed by atoms with E-state index < -0.39 is 0 Å². The van der Waals surface area contributed by atoms with E-state index in [0.29, 0.717) is 12.0 Å². The molecular weight excluding hydrogens is 238 g/mol. The highest BCUT2D eigenvalue weighted by Gasteiger charge is 2.44. The predicted octanol–water partition coefficient (Wildman–Crippen LogP) is 0.227. The Morgan fingerprint density at radius 2 is 2.18 bits per heavy atom. The number of amides is 1. The van der Waals surface area contributed by atoms with E-state index >= 15 is 0 Å². The van der Waals surface area contributed by atoms with Gasteiger partial charge >= 0.3 is 0 Å². The molecule has 2 heterocycles. The molecule has 3 rings (SSSR count). The maximum atomic E-state index is 12.0. The van der Waals surface area contributed by atoms with E-state index in [1.54, 1.807) is 0 Å². The van der Waals surface area contributed by atoms with Crippen molar-refractivity contribution < 1.29 is 4.79 Å². The first kappa shape index (κ1) is 13.1. The van der Waals surface area contributed by atoms with Crippen molar-refractivity contribution in [3.8, 4) is 0 Å². The topological polar surface area (TPSA) is 44.4 Å². The van der Waals surface area contributed by atoms with Crippen molar-refractivity contribution in [1.29, 1.82) is 0 Å². The lowest BCUT2D eigenvalue weighted by Crippen LogP contribution is -2.45. The third-order valence-corrected chi connectivity index (χ3v) is 4.41. The van der Waals surface area contributed by atoms with Crippen molar-refractivity contribution in [2.24, 2.45) is 11.8 Å². The molecule has 2 saturated heterocycles. The predicted molar refractivity (Wildman–Crippen MR) is 69.3 cm³/mol. The number of likely N-dealkylation sites (tertiary alicyclic amines) is 1. The van der Waals surface area contributed by atoms with E-state index in [-0.39, 0.29) is 24.4 Å². The van der Waals surface area contributed by atoms with E-state index in [4.69, 9.17) is 0 Å². The smallest absolute Gasteiger partial charge is 0.237 e. The Bertz CT molecular complexity index is 295. The Hall–Kier alpha value is -0.320. The Labute approximate surface area is 109 Å². The number of carbonyl (C=O) groups is 1. The number of hydrogen-bond acceptors (Lipinski definition) is 3. The number of halogens is 1. The zero-order valence-corrected chi connectivity index (χ0v) is 11.1. The minimum atomic E-state index is 0. The molecule has 0 aromatic rings. The van der Waals surface area contributed by atoms with Crippen LogP contribution in [0.25, 0.3) is 0 Å². The minimum absolute atomic E-state index is 0. The normalized spacial score (nSPS) is 36.4. The zero-order valence-electron chi connectivity index (χ0n) is 10.3. The molecule has 1 amide bonds. The monoisotopic (exact) mass is 259 g/mol. The van der Waals surface area contributed by atoms with Gasteiger partial charge in [-0.1, -0.05) is 0 Å². The third-order valence-electron chi connectivity index (χ3n) is 4.41. The summed E-state index contributed by atoms with van der Waals surface area (Å²) in [6.45, 7) is 3.03. The third kappa shape index (κ3) is 2.59. The summed E-state index contributed by atoms with van der Waals surface area (Å²) < 4.78 is 0. The van der Waals surface area contributed by atoms with E-state index in [1.165, 1.54) is 12.8 Å². The van der Waals surface area contributed by atoms with Gasteiger partial charge in [0, 0.05) is 19.1 Å². The molecule has 0 aromatic heterocycles. The summed E-state index contributed by atoms with van der Waals surface area (Å²) in [5, 5.41) is 6.51. The van der Waals surface area contributed by atoms with E-state index in [0.717, 1.165) is 32.0 Å². The lowest BCUT2D eigenvalue weighted by Gasteiger charge is -2.23. The summed E-state index contributed by atoms with van der Waals surface area (Å²) in [7, 11) is 2.10. The standard InChI is InChI=1S/C12H21N3O.ClH/c1-15-10(4-9-6-13-7-11(9)15)12(16)14-5-8-2-3-8;/h8-11,13H,2-7H2,1H3,(H,14,16);1H/t9-,10+,11+;/m1./s1. The molecule has 17 heavy (non-hydrogen) atoms. The van der Waals surface area contributed by atoms with Crippen molar-refractivity contribution in [3.63, 3.8) is 0 Å². The summed E-state index contributed by atoms with van der Waals surface area (Å²) in [5.74, 6) is 1.71. The average Bonchev–Trinajstić information content (AvgIpc) is 2.89. The van der Waals surface area contributed by atoms with Gasteiger partial charge in [-0.15, -0.1) is 12.4 Å². The zero-order chi connectivity index (χ0) is 11.1. The molecule has 1 saturated carbocycles. The summed E-state index contributed by atoms with van der Waals surface area (Å²) in [6.07, 6.45) is 3.64. The van der Waals surface area contributed by atoms with Crippen LogP contribution in [0.15, 0.2) is 0 Å². The molecule has 2 N–H and O–H groups in total. The Morgan fingerprint density at radius 1 is 1.41 bits per heavy atom. The lowest BCUT2D eigenvalue weighted by atomic mass is 10.0. The van der Waals surface area contributed by atoms with Crippen LogP contribution in [0.4, 0.5) is 0 Å². The van der Waals surface area contributed by atoms with Gasteiger partial charge in [-0.2, -0.15) is 0 Å². The molecule has 3 atom stereocenters. The van der Waals surface area contributed by atoms with Gasteiger partial charge in [-0.3, -0.25) is 9.69 Å². The number of likely N-dealkylation sites (N-methyl/N-ethyl adjacent to an activating group) is 1. The highest BCUT2D eigenvalue weighted by molar-refractivity contribution is 5.85. The molecule has 0 unspecified atom stereocenters. The number of fused-ring (bicyclic) bond motifs is 1. The molecule has 3 fully saturated rings. The van der Waals surface area contributed by atoms with E-state index in [9.17, 15) is 4.79 Å². The van der Waals surface area contributed by atoms with Crippen molar-refractivity contribution >= 4 is 18.3 Å². The number of nitrogens with zero attached hydrogens (tertiary/aromatic N) is 1. The lowest BCUT2D eigenvalue weighted by molar-refractivity contribution is -0.125. The van der Waals surface area contributed by atoms with Gasteiger partial charge < -0.3 is 10.6 Å². The van der Waals surface area contributed by atoms with Crippen molar-refractivity contribution in [3.05, 3.63) is 0 Å². The summed E-state index contributed by atoms with van der Waals surface area (Å²) in [4.78, 5) is 14.3. The van der Waals surface area contributed by atoms with Crippen LogP contribution in [0.2, 0.25) is 0 Å². The van der Waals surface area contributed by atoms with Gasteiger partial charge in [0.25, 0.3) is 0 Å². The van der Waals surface area contributed by atoms with Gasteiger partial charge in [-0.05, 0) is 44.7 Å². The van der Waals surface area contributed by atoms with Crippen molar-refractivity contribution in [2.45, 2.75) is 31.3 Å². The first-order chi connectivity index (χ1) is 7.75. The van der Waals surface area contributed by atoms with Gasteiger partial charge in [0.1, 0.15) is 0 Å². The Morgan fingerprint density at radius 3 is 2.82 bits per heavy atom. The first-order valence-corrected chi connectivity index (χ1v) is 6.46. The molecule has 0 aromatic carbocycles. The second-order valence-corrected chi connectivity index (χ2v) is 5.59. The minimum Gasteiger partial charge on any atom is -0.354 e. The fourth-order valence-electron chi connectivity index (χ4n) is 3.10. The maximum Gasteiger partial charge on any atom is 0.237 e. The van der Waals surface area contributed by atoms with E-state index in [1.807, 2.05) is 0 Å². The molecule has 0 spiro atoms. The highest BCUT2D eigenvalue weighted by Crippen LogP contribution is 2.31. The van der Waals surface area contributed by atoms with Crippen molar-refractivity contribution in [2.75, 3.05) is 26.7 Å². The van der Waals surface area contributed by atoms with Crippen LogP contribution in [0.3, 0.4) is 0 Å². The largest absolute Gasteiger partial charge is 0.354 e. The van der Waals surface area contributed by atoms with Crippen LogP contribution in [0.5, 0.6) is 0 Å². The average molecular weight is 260 g/mol. The fourth-order valence-corrected chi connectivity index (χ4v) is 3.10. The molecule has 5 heteroatoms. The number of nitrogens with one attached hydrogen (secondary N) is 2. The first-order valence-electron chi connectivity index (χ1n) is 6.46. The number of rotatable bonds is 3. The van der Waals surface area contributed by atoms with Gasteiger partial charge in [0.2, 0.25) is 5.91 Å². The maximum absolute atomic E-state index is 12.0. The van der Waals surface area contributed by atoms with Gasteiger partial charge in [-0.25, -0.2) is 0 Å². The van der Waals surface area contributed by atoms with Crippen LogP contribution in [-0.2, 0) is 4.79 Å². The van der Waals surface area contributed by atoms with Crippen LogP contribution in [0, 0.1) is 11.8 Å². The molecule has 98 valence electrons. The molecule has 0 radical (unpaired) electrons. The quantitative estimate of drug-likeness (QED) is 0.763. The van der Waals surface area contributed by atoms with Crippen LogP contribution in [0.1, 0.15) is 19.3 Å². The molecule has 4 nitrogen and oxygen atoms in total. The summed E-state index contributed by atoms with van der Waals surface area (Å²) >= 11 is 0. The second-order valence-electron chi connectivity index (χ2n) is 5.59. The number of carbonyl (C=O) groups excluding carboxylic acids is 1. The van der Waals surface area contributed by atoms with Crippen LogP contribution < -0.4 is 10.6 Å². The molecule has 0 bridgehead atoms. The second kappa shape index (κ2) is 5.12. The van der Waals surface area contributed by atoms with Gasteiger partial charge in [0.05, 0.1) is 6.04 Å². The van der Waals surface area contributed by atoms with Crippen LogP contribution >= 0.6 is 12.4 Å². The highest BCUT2D eigenvalue weighted by atomic mass is 35.5. The summed E-state index contributed by atoms with van der Waals surface area (Å²) in [5.41, 5.74) is 0. The summed E-state index contributed by atoms with van der Waals surface area (Å²) in [6, 6.07) is 0.701. The SMILES string of the molecule is CN1[C@H](C(=O)NCC2CC2)C[C@@H]2CNC[C@@H]21.Cl. The van der Waals surface area contributed by atoms with E-state index in [2.05, 4.69) is 22.6 Å². The molecular formula is C12H22ClN3O. The fraction of sp³-hybridized carbons (Fsp3) is 0.917. The van der Waals surface area contributed by atoms with Crippen LogP contribution in [-0.4, -0.2) is 49.6 Å².